The van der Waals surface area contributed by atoms with Gasteiger partial charge in [0.1, 0.15) is 0 Å². The average molecular weight is 291 g/mol. The first-order valence-corrected chi connectivity index (χ1v) is 6.34. The second-order valence-corrected chi connectivity index (χ2v) is 5.96. The lowest BCUT2D eigenvalue weighted by Gasteiger charge is -2.18. The van der Waals surface area contributed by atoms with Crippen molar-refractivity contribution in [3.63, 3.8) is 0 Å². The van der Waals surface area contributed by atoms with E-state index in [4.69, 9.17) is 0 Å². The predicted molar refractivity (Wildman–Crippen MR) is 73.9 cm³/mol. The molecule has 0 fully saturated rings. The summed E-state index contributed by atoms with van der Waals surface area (Å²) in [6.07, 6.45) is 3.66. The summed E-state index contributed by atoms with van der Waals surface area (Å²) < 4.78 is 0.992. The van der Waals surface area contributed by atoms with Gasteiger partial charge in [-0.25, -0.2) is 0 Å². The predicted octanol–water partition coefficient (Wildman–Crippen LogP) is 4.20. The van der Waals surface area contributed by atoms with Crippen molar-refractivity contribution in [2.45, 2.75) is 26.2 Å². The van der Waals surface area contributed by atoms with Gasteiger partial charge in [0.05, 0.1) is 5.69 Å². The van der Waals surface area contributed by atoms with Gasteiger partial charge < -0.3 is 0 Å². The van der Waals surface area contributed by atoms with E-state index >= 15 is 0 Å². The summed E-state index contributed by atoms with van der Waals surface area (Å²) in [5, 5.41) is 0. The molecular weight excluding hydrogens is 276 g/mol. The second-order valence-electron chi connectivity index (χ2n) is 5.04. The van der Waals surface area contributed by atoms with E-state index in [9.17, 15) is 0 Å². The molecular formula is C14H15BrN2. The van der Waals surface area contributed by atoms with E-state index in [1.165, 1.54) is 0 Å². The van der Waals surface area contributed by atoms with E-state index in [1.54, 1.807) is 0 Å². The summed E-state index contributed by atoms with van der Waals surface area (Å²) in [4.78, 5) is 8.81. The number of hydrogen-bond donors (Lipinski definition) is 0. The molecule has 2 nitrogen and oxygen atoms in total. The van der Waals surface area contributed by atoms with Gasteiger partial charge in [-0.05, 0) is 40.2 Å². The Hall–Kier alpha value is -1.22. The SMILES string of the molecule is CC(C)(C)c1cc(-c2ccc(Br)cn2)ccn1. The van der Waals surface area contributed by atoms with Crippen LogP contribution in [0.2, 0.25) is 0 Å². The van der Waals surface area contributed by atoms with Gasteiger partial charge in [-0.2, -0.15) is 0 Å². The number of rotatable bonds is 1. The highest BCUT2D eigenvalue weighted by atomic mass is 79.9. The van der Waals surface area contributed by atoms with Crippen LogP contribution in [0, 0.1) is 0 Å². The van der Waals surface area contributed by atoms with Crippen LogP contribution in [0.15, 0.2) is 41.1 Å². The zero-order valence-corrected chi connectivity index (χ0v) is 11.8. The van der Waals surface area contributed by atoms with Crippen LogP contribution in [0.1, 0.15) is 26.5 Å². The first kappa shape index (κ1) is 12.2. The van der Waals surface area contributed by atoms with Crippen LogP contribution in [0.25, 0.3) is 11.3 Å². The van der Waals surface area contributed by atoms with Gasteiger partial charge in [0.15, 0.2) is 0 Å². The standard InChI is InChI=1S/C14H15BrN2/c1-14(2,3)13-8-10(6-7-16-13)12-5-4-11(15)9-17-12/h4-9H,1-3H3. The van der Waals surface area contributed by atoms with E-state index in [0.717, 1.165) is 21.4 Å². The molecule has 0 atom stereocenters. The molecule has 88 valence electrons. The average Bonchev–Trinajstić information content (AvgIpc) is 2.29. The van der Waals surface area contributed by atoms with Crippen molar-refractivity contribution >= 4 is 15.9 Å². The Labute approximate surface area is 110 Å². The van der Waals surface area contributed by atoms with Crippen LogP contribution in [-0.2, 0) is 5.41 Å². The van der Waals surface area contributed by atoms with Crippen LogP contribution in [0.4, 0.5) is 0 Å². The van der Waals surface area contributed by atoms with Gasteiger partial charge in [0.2, 0.25) is 0 Å². The molecule has 0 aromatic carbocycles. The monoisotopic (exact) mass is 290 g/mol. The van der Waals surface area contributed by atoms with Crippen molar-refractivity contribution in [3.8, 4) is 11.3 Å². The molecule has 2 aromatic rings. The third kappa shape index (κ3) is 2.91. The van der Waals surface area contributed by atoms with Crippen molar-refractivity contribution in [1.29, 1.82) is 0 Å². The molecule has 3 heteroatoms. The Morgan fingerprint density at radius 3 is 2.41 bits per heavy atom. The highest BCUT2D eigenvalue weighted by Gasteiger charge is 2.15. The van der Waals surface area contributed by atoms with Crippen LogP contribution in [-0.4, -0.2) is 9.97 Å². The third-order valence-electron chi connectivity index (χ3n) is 2.55. The van der Waals surface area contributed by atoms with Gasteiger partial charge in [0, 0.05) is 33.5 Å². The lowest BCUT2D eigenvalue weighted by Crippen LogP contribution is -2.13. The van der Waals surface area contributed by atoms with E-state index < -0.39 is 0 Å². The molecule has 0 unspecified atom stereocenters. The van der Waals surface area contributed by atoms with Crippen LogP contribution in [0.5, 0.6) is 0 Å². The zero-order valence-electron chi connectivity index (χ0n) is 10.2. The summed E-state index contributed by atoms with van der Waals surface area (Å²) in [6.45, 7) is 6.48. The number of pyridine rings is 2. The molecule has 0 aliphatic carbocycles. The van der Waals surface area contributed by atoms with Gasteiger partial charge in [-0.1, -0.05) is 20.8 Å². The Balaban J connectivity index is 2.43. The van der Waals surface area contributed by atoms with Crippen molar-refractivity contribution in [2.75, 3.05) is 0 Å². The highest BCUT2D eigenvalue weighted by molar-refractivity contribution is 9.10. The number of hydrogen-bond acceptors (Lipinski definition) is 2. The van der Waals surface area contributed by atoms with Gasteiger partial charge in [0.25, 0.3) is 0 Å². The molecule has 0 N–H and O–H groups in total. The molecule has 0 aliphatic rings. The zero-order chi connectivity index (χ0) is 12.5. The van der Waals surface area contributed by atoms with Crippen molar-refractivity contribution in [2.24, 2.45) is 0 Å². The Kier molecular flexibility index (Phi) is 3.29. The molecule has 2 aromatic heterocycles. The van der Waals surface area contributed by atoms with Crippen molar-refractivity contribution in [3.05, 3.63) is 46.8 Å². The van der Waals surface area contributed by atoms with E-state index in [2.05, 4.69) is 52.7 Å². The maximum absolute atomic E-state index is 4.42. The molecule has 0 saturated heterocycles. The minimum Gasteiger partial charge on any atom is -0.261 e. The maximum Gasteiger partial charge on any atom is 0.0704 e. The number of nitrogens with zero attached hydrogens (tertiary/aromatic N) is 2. The quantitative estimate of drug-likeness (QED) is 0.786. The Morgan fingerprint density at radius 1 is 1.06 bits per heavy atom. The summed E-state index contributed by atoms with van der Waals surface area (Å²) in [6, 6.07) is 8.10. The third-order valence-corrected chi connectivity index (χ3v) is 3.02. The first-order chi connectivity index (χ1) is 7.97. The fourth-order valence-electron chi connectivity index (χ4n) is 1.55. The minimum atomic E-state index is 0.0609. The lowest BCUT2D eigenvalue weighted by atomic mass is 9.90. The van der Waals surface area contributed by atoms with Gasteiger partial charge in [-0.15, -0.1) is 0 Å². The molecule has 0 spiro atoms. The molecule has 0 aliphatic heterocycles. The normalized spacial score (nSPS) is 11.5. The lowest BCUT2D eigenvalue weighted by molar-refractivity contribution is 0.569. The highest BCUT2D eigenvalue weighted by Crippen LogP contribution is 2.25. The molecule has 0 bridgehead atoms. The Bertz CT molecular complexity index is 512. The smallest absolute Gasteiger partial charge is 0.0704 e. The molecule has 0 radical (unpaired) electrons. The van der Waals surface area contributed by atoms with E-state index in [0.29, 0.717) is 0 Å². The van der Waals surface area contributed by atoms with E-state index in [1.807, 2.05) is 30.6 Å². The van der Waals surface area contributed by atoms with E-state index in [-0.39, 0.29) is 5.41 Å². The maximum atomic E-state index is 4.42. The molecule has 2 rings (SSSR count). The fraction of sp³-hybridized carbons (Fsp3) is 0.286. The minimum absolute atomic E-state index is 0.0609. The molecule has 17 heavy (non-hydrogen) atoms. The fourth-order valence-corrected chi connectivity index (χ4v) is 1.78. The van der Waals surface area contributed by atoms with Crippen LogP contribution in [0.3, 0.4) is 0 Å². The first-order valence-electron chi connectivity index (χ1n) is 5.55. The second kappa shape index (κ2) is 4.57. The summed E-state index contributed by atoms with van der Waals surface area (Å²) >= 11 is 3.39. The van der Waals surface area contributed by atoms with Crippen molar-refractivity contribution in [1.82, 2.24) is 9.97 Å². The molecule has 0 amide bonds. The number of aromatic nitrogens is 2. The molecule has 2 heterocycles. The summed E-state index contributed by atoms with van der Waals surface area (Å²) in [5.41, 5.74) is 3.23. The summed E-state index contributed by atoms with van der Waals surface area (Å²) in [5.74, 6) is 0. The van der Waals surface area contributed by atoms with Gasteiger partial charge in [-0.3, -0.25) is 9.97 Å². The topological polar surface area (TPSA) is 25.8 Å². The number of halogens is 1. The molecule has 0 saturated carbocycles. The van der Waals surface area contributed by atoms with Gasteiger partial charge >= 0.3 is 0 Å². The van der Waals surface area contributed by atoms with Crippen LogP contribution < -0.4 is 0 Å². The van der Waals surface area contributed by atoms with Crippen LogP contribution >= 0.6 is 15.9 Å². The Morgan fingerprint density at radius 2 is 1.82 bits per heavy atom. The largest absolute Gasteiger partial charge is 0.261 e. The van der Waals surface area contributed by atoms with Crippen molar-refractivity contribution < 1.29 is 0 Å². The summed E-state index contributed by atoms with van der Waals surface area (Å²) in [7, 11) is 0.